The lowest BCUT2D eigenvalue weighted by atomic mass is 9.82. The van der Waals surface area contributed by atoms with Crippen molar-refractivity contribution in [3.63, 3.8) is 0 Å². The maximum atomic E-state index is 13.6. The second-order valence-electron chi connectivity index (χ2n) is 10.9. The van der Waals surface area contributed by atoms with Crippen molar-refractivity contribution >= 4 is 66.7 Å². The molecule has 2 aliphatic heterocycles. The summed E-state index contributed by atoms with van der Waals surface area (Å²) < 4.78 is 0. The number of rotatable bonds is 8. The molecule has 0 unspecified atom stereocenters. The van der Waals surface area contributed by atoms with Gasteiger partial charge in [0.1, 0.15) is 0 Å². The van der Waals surface area contributed by atoms with Gasteiger partial charge in [-0.3, -0.25) is 29.0 Å². The highest BCUT2D eigenvalue weighted by atomic mass is 16.3. The van der Waals surface area contributed by atoms with Gasteiger partial charge in [-0.25, -0.2) is 0 Å². The molecule has 0 saturated carbocycles. The number of nitrogens with zero attached hydrogens (tertiary/aromatic N) is 2. The van der Waals surface area contributed by atoms with E-state index < -0.39 is 0 Å². The van der Waals surface area contributed by atoms with Gasteiger partial charge in [0.2, 0.25) is 0 Å². The van der Waals surface area contributed by atoms with E-state index in [9.17, 15) is 19.2 Å². The van der Waals surface area contributed by atoms with Crippen LogP contribution in [-0.4, -0.2) is 58.7 Å². The van der Waals surface area contributed by atoms with Crippen molar-refractivity contribution in [3.05, 3.63) is 70.8 Å². The summed E-state index contributed by atoms with van der Waals surface area (Å²) >= 11 is 0. The van der Waals surface area contributed by atoms with Gasteiger partial charge in [-0.2, -0.15) is 0 Å². The quantitative estimate of drug-likeness (QED) is 0.116. The summed E-state index contributed by atoms with van der Waals surface area (Å²) in [7, 11) is 1.50. The number of carbonyl (C=O) groups excluding carboxylic acids is 4. The molecule has 40 heavy (non-hydrogen) atoms. The van der Waals surface area contributed by atoms with Crippen LogP contribution in [0.3, 0.4) is 0 Å². The summed E-state index contributed by atoms with van der Waals surface area (Å²) in [6, 6.07) is 14.9. The third-order valence-corrected chi connectivity index (χ3v) is 8.71. The second-order valence-corrected chi connectivity index (χ2v) is 10.9. The second kappa shape index (κ2) is 9.10. The van der Waals surface area contributed by atoms with Crippen molar-refractivity contribution in [2.45, 2.75) is 38.5 Å². The van der Waals surface area contributed by atoms with E-state index in [1.165, 1.54) is 11.9 Å². The fourth-order valence-electron chi connectivity index (χ4n) is 6.73. The average molecular weight is 533 g/mol. The molecule has 2 heterocycles. The molecule has 5 aromatic carbocycles. The number of unbranched alkanes of at least 4 members (excludes halogenated alkanes) is 5. The molecule has 7 heteroatoms. The highest BCUT2D eigenvalue weighted by Crippen LogP contribution is 2.46. The fraction of sp³-hybridized carbons (Fsp3) is 0.273. The zero-order chi connectivity index (χ0) is 27.7. The van der Waals surface area contributed by atoms with Crippen molar-refractivity contribution in [3.8, 4) is 0 Å². The first-order chi connectivity index (χ1) is 19.4. The molecule has 0 fully saturated rings. The highest BCUT2D eigenvalue weighted by Gasteiger charge is 2.35. The summed E-state index contributed by atoms with van der Waals surface area (Å²) in [6.45, 7) is 0.594. The molecule has 0 radical (unpaired) electrons. The Balaban J connectivity index is 1.36. The van der Waals surface area contributed by atoms with E-state index in [4.69, 9.17) is 5.11 Å². The number of benzene rings is 5. The maximum Gasteiger partial charge on any atom is 0.261 e. The molecule has 7 rings (SSSR count). The van der Waals surface area contributed by atoms with Crippen LogP contribution in [0.2, 0.25) is 0 Å². The van der Waals surface area contributed by atoms with Crippen molar-refractivity contribution < 1.29 is 24.3 Å². The first-order valence-electron chi connectivity index (χ1n) is 13.9. The number of aliphatic hydroxyl groups excluding tert-OH is 1. The van der Waals surface area contributed by atoms with Gasteiger partial charge in [0.15, 0.2) is 0 Å². The molecule has 2 aliphatic rings. The van der Waals surface area contributed by atoms with Gasteiger partial charge in [0, 0.05) is 53.2 Å². The van der Waals surface area contributed by atoms with Crippen LogP contribution in [0.1, 0.15) is 80.0 Å². The summed E-state index contributed by atoms with van der Waals surface area (Å²) in [4.78, 5) is 55.7. The lowest BCUT2D eigenvalue weighted by molar-refractivity contribution is 0.0603. The third-order valence-electron chi connectivity index (χ3n) is 8.71. The minimum Gasteiger partial charge on any atom is -0.396 e. The molecule has 0 saturated heterocycles. The first kappa shape index (κ1) is 24.7. The van der Waals surface area contributed by atoms with Gasteiger partial charge in [-0.1, -0.05) is 49.9 Å². The van der Waals surface area contributed by atoms with Crippen molar-refractivity contribution in [2.75, 3.05) is 20.2 Å². The van der Waals surface area contributed by atoms with Crippen molar-refractivity contribution in [2.24, 2.45) is 0 Å². The fourth-order valence-corrected chi connectivity index (χ4v) is 6.73. The van der Waals surface area contributed by atoms with E-state index in [2.05, 4.69) is 0 Å². The Labute approximate surface area is 230 Å². The number of hydrogen-bond donors (Lipinski definition) is 1. The largest absolute Gasteiger partial charge is 0.396 e. The van der Waals surface area contributed by atoms with Gasteiger partial charge in [-0.05, 0) is 69.4 Å². The Morgan fingerprint density at radius 2 is 0.875 bits per heavy atom. The summed E-state index contributed by atoms with van der Waals surface area (Å²) in [6.07, 6.45) is 5.51. The van der Waals surface area contributed by atoms with Gasteiger partial charge in [0.25, 0.3) is 23.6 Å². The van der Waals surface area contributed by atoms with Gasteiger partial charge < -0.3 is 5.11 Å². The minimum absolute atomic E-state index is 0.213. The molecule has 200 valence electrons. The molecular formula is C33H28N2O5. The molecular weight excluding hydrogens is 504 g/mol. The van der Waals surface area contributed by atoms with E-state index in [0.29, 0.717) is 39.6 Å². The van der Waals surface area contributed by atoms with Crippen LogP contribution in [0.5, 0.6) is 0 Å². The Kier molecular flexibility index (Phi) is 5.61. The van der Waals surface area contributed by atoms with Crippen LogP contribution in [0.25, 0.3) is 43.1 Å². The maximum absolute atomic E-state index is 13.6. The lowest BCUT2D eigenvalue weighted by Crippen LogP contribution is -2.40. The van der Waals surface area contributed by atoms with Crippen LogP contribution in [0.15, 0.2) is 48.5 Å². The minimum atomic E-state index is -0.321. The van der Waals surface area contributed by atoms with Crippen LogP contribution in [0, 0.1) is 0 Å². The zero-order valence-corrected chi connectivity index (χ0v) is 22.3. The molecule has 0 atom stereocenters. The Morgan fingerprint density at radius 3 is 1.30 bits per heavy atom. The molecule has 0 bridgehead atoms. The number of imide groups is 2. The van der Waals surface area contributed by atoms with Crippen LogP contribution < -0.4 is 0 Å². The molecule has 1 N–H and O–H groups in total. The Morgan fingerprint density at radius 1 is 0.500 bits per heavy atom. The molecule has 4 amide bonds. The van der Waals surface area contributed by atoms with Crippen LogP contribution >= 0.6 is 0 Å². The SMILES string of the molecule is CN1C(=O)c2ccc3c4ccc5c6c(ccc(c7ccc(c2c37)C1=O)c64)C(=O)N(CCCCCCCCO)C5=O. The average Bonchev–Trinajstić information content (AvgIpc) is 2.97. The van der Waals surface area contributed by atoms with Gasteiger partial charge >= 0.3 is 0 Å². The normalized spacial score (nSPS) is 15.2. The van der Waals surface area contributed by atoms with Crippen LogP contribution in [0.4, 0.5) is 0 Å². The molecule has 0 aromatic heterocycles. The molecule has 5 aromatic rings. The van der Waals surface area contributed by atoms with E-state index in [-0.39, 0.29) is 30.2 Å². The number of fused-ring (bicyclic) bond motifs is 2. The number of hydrogen-bond acceptors (Lipinski definition) is 5. The van der Waals surface area contributed by atoms with E-state index in [0.717, 1.165) is 75.7 Å². The number of carbonyl (C=O) groups is 4. The van der Waals surface area contributed by atoms with Crippen molar-refractivity contribution in [1.82, 2.24) is 9.80 Å². The molecule has 0 aliphatic carbocycles. The lowest BCUT2D eigenvalue weighted by Gasteiger charge is -2.29. The molecule has 0 spiro atoms. The first-order valence-corrected chi connectivity index (χ1v) is 13.9. The standard InChI is InChI=1S/C33H28N2O5/c1-34-30(37)22-12-8-18-20-10-14-24-29-25(33(40)35(32(24)39)16-6-4-2-3-5-7-17-36)15-11-21(27(20)29)19-9-13-23(31(34)38)28(22)26(18)19/h8-15,36H,2-7,16-17H2,1H3. The Bertz CT molecular complexity index is 1800. The molecule has 7 nitrogen and oxygen atoms in total. The predicted octanol–water partition coefficient (Wildman–Crippen LogP) is 5.89. The summed E-state index contributed by atoms with van der Waals surface area (Å²) in [5.74, 6) is -1.18. The zero-order valence-electron chi connectivity index (χ0n) is 22.3. The predicted molar refractivity (Wildman–Crippen MR) is 154 cm³/mol. The monoisotopic (exact) mass is 532 g/mol. The van der Waals surface area contributed by atoms with Gasteiger partial charge in [-0.15, -0.1) is 0 Å². The van der Waals surface area contributed by atoms with Gasteiger partial charge in [0.05, 0.1) is 0 Å². The van der Waals surface area contributed by atoms with E-state index >= 15 is 0 Å². The van der Waals surface area contributed by atoms with E-state index in [1.54, 1.807) is 12.1 Å². The van der Waals surface area contributed by atoms with Crippen LogP contribution in [-0.2, 0) is 0 Å². The highest BCUT2D eigenvalue weighted by molar-refractivity contribution is 6.41. The number of aliphatic hydroxyl groups is 1. The summed E-state index contributed by atoms with van der Waals surface area (Å²) in [5, 5.41) is 15.6. The topological polar surface area (TPSA) is 95.0 Å². The smallest absolute Gasteiger partial charge is 0.261 e. The van der Waals surface area contributed by atoms with Crippen molar-refractivity contribution in [1.29, 1.82) is 0 Å². The summed E-state index contributed by atoms with van der Waals surface area (Å²) in [5.41, 5.74) is 2.06. The van der Waals surface area contributed by atoms with E-state index in [1.807, 2.05) is 36.4 Å². The number of amides is 4. The Hall–Kier alpha value is -4.36. The third kappa shape index (κ3) is 3.27.